The summed E-state index contributed by atoms with van der Waals surface area (Å²) in [6.07, 6.45) is 1.65. The lowest BCUT2D eigenvalue weighted by atomic mass is 9.95. The molecule has 1 unspecified atom stereocenters. The van der Waals surface area contributed by atoms with Crippen LogP contribution >= 0.6 is 0 Å². The minimum absolute atomic E-state index is 0.0906. The summed E-state index contributed by atoms with van der Waals surface area (Å²) in [6, 6.07) is 2.65. The van der Waals surface area contributed by atoms with E-state index < -0.39 is 10.5 Å². The van der Waals surface area contributed by atoms with Crippen LogP contribution < -0.4 is 11.3 Å². The van der Waals surface area contributed by atoms with E-state index in [0.717, 1.165) is 0 Å². The van der Waals surface area contributed by atoms with Crippen LogP contribution in [0.1, 0.15) is 19.4 Å². The normalized spacial score (nSPS) is 12.8. The topological polar surface area (TPSA) is 115 Å². The highest BCUT2D eigenvalue weighted by Crippen LogP contribution is 2.25. The third-order valence-corrected chi connectivity index (χ3v) is 3.35. The van der Waals surface area contributed by atoms with E-state index in [-0.39, 0.29) is 23.0 Å². The van der Waals surface area contributed by atoms with Crippen molar-refractivity contribution in [2.75, 3.05) is 0 Å². The lowest BCUT2D eigenvalue weighted by Crippen LogP contribution is -2.29. The first-order valence-electron chi connectivity index (χ1n) is 6.30. The van der Waals surface area contributed by atoms with Gasteiger partial charge in [0.15, 0.2) is 0 Å². The molecule has 0 amide bonds. The third-order valence-electron chi connectivity index (χ3n) is 3.35. The van der Waals surface area contributed by atoms with E-state index in [0.29, 0.717) is 17.5 Å². The Balaban J connectivity index is 2.60. The lowest BCUT2D eigenvalue weighted by Gasteiger charge is -2.15. The summed E-state index contributed by atoms with van der Waals surface area (Å²) in [5.74, 6) is 0.206. The lowest BCUT2D eigenvalue weighted by molar-refractivity contribution is -0.385. The molecule has 2 aromatic rings. The van der Waals surface area contributed by atoms with Crippen LogP contribution in [-0.2, 0) is 6.42 Å². The Hall–Kier alpha value is -2.28. The maximum atomic E-state index is 11.7. The van der Waals surface area contributed by atoms with Crippen LogP contribution in [0.4, 0.5) is 5.69 Å². The number of nitro groups is 1. The molecule has 0 spiro atoms. The number of hydrogen-bond acceptors (Lipinski definition) is 5. The largest absolute Gasteiger partial charge is 0.327 e. The molecule has 2 rings (SSSR count). The Morgan fingerprint density at radius 1 is 1.45 bits per heavy atom. The van der Waals surface area contributed by atoms with Crippen LogP contribution in [-0.4, -0.2) is 20.9 Å². The second-order valence-corrected chi connectivity index (χ2v) is 5.10. The summed E-state index contributed by atoms with van der Waals surface area (Å²) < 4.78 is 0. The molecule has 0 saturated carbocycles. The zero-order valence-corrected chi connectivity index (χ0v) is 11.3. The van der Waals surface area contributed by atoms with Crippen molar-refractivity contribution in [2.45, 2.75) is 26.3 Å². The fourth-order valence-electron chi connectivity index (χ4n) is 1.97. The molecule has 106 valence electrons. The van der Waals surface area contributed by atoms with E-state index in [1.54, 1.807) is 6.07 Å². The Labute approximate surface area is 115 Å². The first kappa shape index (κ1) is 14.1. The van der Waals surface area contributed by atoms with Gasteiger partial charge in [0.1, 0.15) is 0 Å². The van der Waals surface area contributed by atoms with Crippen LogP contribution in [0.25, 0.3) is 10.9 Å². The quantitative estimate of drug-likeness (QED) is 0.646. The molecule has 1 atom stereocenters. The summed E-state index contributed by atoms with van der Waals surface area (Å²) in [4.78, 5) is 28.8. The van der Waals surface area contributed by atoms with Crippen molar-refractivity contribution in [1.29, 1.82) is 0 Å². The van der Waals surface area contributed by atoms with Gasteiger partial charge in [-0.2, -0.15) is 0 Å². The molecule has 0 radical (unpaired) electrons. The molecule has 20 heavy (non-hydrogen) atoms. The van der Waals surface area contributed by atoms with E-state index in [9.17, 15) is 14.9 Å². The van der Waals surface area contributed by atoms with E-state index >= 15 is 0 Å². The first-order valence-corrected chi connectivity index (χ1v) is 6.30. The fraction of sp³-hybridized carbons (Fsp3) is 0.385. The van der Waals surface area contributed by atoms with Gasteiger partial charge in [0.25, 0.3) is 11.2 Å². The third kappa shape index (κ3) is 2.67. The summed E-state index contributed by atoms with van der Waals surface area (Å²) in [6.45, 7) is 3.92. The Morgan fingerprint density at radius 3 is 2.75 bits per heavy atom. The molecular weight excluding hydrogens is 260 g/mol. The van der Waals surface area contributed by atoms with Crippen LogP contribution in [0.2, 0.25) is 0 Å². The standard InChI is InChI=1S/C13H16N4O3/c1-7(2)10(14)3-8-4-11-9(5-12(8)17(19)20)13(18)16-6-15-11/h4-7,10H,3,14H2,1-2H3,(H,15,16,18). The van der Waals surface area contributed by atoms with Gasteiger partial charge in [-0.05, 0) is 18.4 Å². The predicted octanol–water partition coefficient (Wildman–Crippen LogP) is 1.36. The van der Waals surface area contributed by atoms with Crippen molar-refractivity contribution in [1.82, 2.24) is 9.97 Å². The average molecular weight is 276 g/mol. The first-order chi connectivity index (χ1) is 9.40. The predicted molar refractivity (Wildman–Crippen MR) is 75.5 cm³/mol. The maximum Gasteiger partial charge on any atom is 0.273 e. The molecule has 0 saturated heterocycles. The van der Waals surface area contributed by atoms with E-state index in [1.807, 2.05) is 13.8 Å². The summed E-state index contributed by atoms with van der Waals surface area (Å²) >= 11 is 0. The molecular formula is C13H16N4O3. The van der Waals surface area contributed by atoms with Gasteiger partial charge in [0.2, 0.25) is 0 Å². The molecule has 3 N–H and O–H groups in total. The van der Waals surface area contributed by atoms with Gasteiger partial charge in [-0.1, -0.05) is 13.8 Å². The number of benzene rings is 1. The van der Waals surface area contributed by atoms with Gasteiger partial charge < -0.3 is 10.7 Å². The number of H-pyrrole nitrogens is 1. The molecule has 0 aliphatic carbocycles. The number of nitrogens with zero attached hydrogens (tertiary/aromatic N) is 2. The number of aromatic amines is 1. The van der Waals surface area contributed by atoms with Crippen molar-refractivity contribution in [3.8, 4) is 0 Å². The summed E-state index contributed by atoms with van der Waals surface area (Å²) in [5, 5.41) is 11.4. The van der Waals surface area contributed by atoms with Crippen LogP contribution in [0.3, 0.4) is 0 Å². The second kappa shape index (κ2) is 5.38. The Morgan fingerprint density at radius 2 is 2.15 bits per heavy atom. The zero-order valence-electron chi connectivity index (χ0n) is 11.3. The number of nitrogens with two attached hydrogens (primary N) is 1. The number of nitro benzene ring substituents is 1. The number of hydrogen-bond donors (Lipinski definition) is 2. The molecule has 1 heterocycles. The SMILES string of the molecule is CC(C)C(N)Cc1cc2nc[nH]c(=O)c2cc1[N+](=O)[O-]. The molecule has 1 aromatic carbocycles. The number of aromatic nitrogens is 2. The smallest absolute Gasteiger partial charge is 0.273 e. The van der Waals surface area contributed by atoms with E-state index in [4.69, 9.17) is 5.73 Å². The Bertz CT molecular complexity index is 708. The molecule has 0 bridgehead atoms. The van der Waals surface area contributed by atoms with Crippen molar-refractivity contribution in [2.24, 2.45) is 11.7 Å². The van der Waals surface area contributed by atoms with Gasteiger partial charge in [-0.25, -0.2) is 4.98 Å². The van der Waals surface area contributed by atoms with Crippen molar-refractivity contribution >= 4 is 16.6 Å². The van der Waals surface area contributed by atoms with E-state index in [1.165, 1.54) is 12.4 Å². The number of fused-ring (bicyclic) bond motifs is 1. The minimum atomic E-state index is -0.492. The maximum absolute atomic E-state index is 11.7. The molecule has 1 aromatic heterocycles. The van der Waals surface area contributed by atoms with Crippen LogP contribution in [0, 0.1) is 16.0 Å². The monoisotopic (exact) mass is 276 g/mol. The average Bonchev–Trinajstić information content (AvgIpc) is 2.38. The highest BCUT2D eigenvalue weighted by Gasteiger charge is 2.20. The number of nitrogens with one attached hydrogen (secondary N) is 1. The fourth-order valence-corrected chi connectivity index (χ4v) is 1.97. The zero-order chi connectivity index (χ0) is 14.9. The van der Waals surface area contributed by atoms with Crippen molar-refractivity contribution in [3.05, 3.63) is 44.5 Å². The van der Waals surface area contributed by atoms with Crippen molar-refractivity contribution in [3.63, 3.8) is 0 Å². The van der Waals surface area contributed by atoms with Gasteiger partial charge in [0.05, 0.1) is 22.2 Å². The van der Waals surface area contributed by atoms with E-state index in [2.05, 4.69) is 9.97 Å². The van der Waals surface area contributed by atoms with Crippen LogP contribution in [0.15, 0.2) is 23.3 Å². The van der Waals surface area contributed by atoms with Gasteiger partial charge >= 0.3 is 0 Å². The molecule has 7 nitrogen and oxygen atoms in total. The van der Waals surface area contributed by atoms with Crippen LogP contribution in [0.5, 0.6) is 0 Å². The molecule has 0 aliphatic heterocycles. The van der Waals surface area contributed by atoms with Crippen molar-refractivity contribution < 1.29 is 4.92 Å². The van der Waals surface area contributed by atoms with Gasteiger partial charge in [-0.15, -0.1) is 0 Å². The van der Waals surface area contributed by atoms with Gasteiger partial charge in [-0.3, -0.25) is 14.9 Å². The number of rotatable bonds is 4. The summed E-state index contributed by atoms with van der Waals surface area (Å²) in [5.41, 5.74) is 6.44. The molecule has 0 fully saturated rings. The molecule has 7 heteroatoms. The minimum Gasteiger partial charge on any atom is -0.327 e. The van der Waals surface area contributed by atoms with Gasteiger partial charge in [0, 0.05) is 17.7 Å². The second-order valence-electron chi connectivity index (χ2n) is 5.10. The highest BCUT2D eigenvalue weighted by atomic mass is 16.6. The Kier molecular flexibility index (Phi) is 3.80. The molecule has 0 aliphatic rings. The summed E-state index contributed by atoms with van der Waals surface area (Å²) in [7, 11) is 0. The highest BCUT2D eigenvalue weighted by molar-refractivity contribution is 5.81.